The zero-order chi connectivity index (χ0) is 26.4. The largest absolute Gasteiger partial charge is 0.497 e. The minimum Gasteiger partial charge on any atom is -0.497 e. The van der Waals surface area contributed by atoms with E-state index in [1.165, 1.54) is 4.90 Å². The first-order chi connectivity index (χ1) is 17.8. The minimum atomic E-state index is -1.39. The molecule has 2 amide bonds. The van der Waals surface area contributed by atoms with Crippen molar-refractivity contribution in [2.75, 3.05) is 31.8 Å². The van der Waals surface area contributed by atoms with Crippen LogP contribution in [0.25, 0.3) is 0 Å². The maximum absolute atomic E-state index is 14.4. The number of methoxy groups -OCH3 is 1. The van der Waals surface area contributed by atoms with E-state index in [9.17, 15) is 19.5 Å². The summed E-state index contributed by atoms with van der Waals surface area (Å²) in [6.07, 6.45) is 9.25. The zero-order valence-corrected chi connectivity index (χ0v) is 21.5. The molecule has 4 aliphatic heterocycles. The van der Waals surface area contributed by atoms with Crippen molar-refractivity contribution in [2.24, 2.45) is 11.8 Å². The summed E-state index contributed by atoms with van der Waals surface area (Å²) in [5.74, 6) is -2.44. The minimum absolute atomic E-state index is 0.255. The van der Waals surface area contributed by atoms with E-state index in [0.29, 0.717) is 30.7 Å². The van der Waals surface area contributed by atoms with Gasteiger partial charge in [-0.15, -0.1) is 0 Å². The number of carbonyl (C=O) groups is 3. The quantitative estimate of drug-likeness (QED) is 0.478. The molecule has 9 nitrogen and oxygen atoms in total. The van der Waals surface area contributed by atoms with Crippen LogP contribution in [0, 0.1) is 11.8 Å². The number of aliphatic hydroxyl groups is 1. The molecule has 198 valence electrons. The highest BCUT2D eigenvalue weighted by atomic mass is 16.6. The number of amides is 2. The lowest BCUT2D eigenvalue weighted by Gasteiger charge is -2.40. The fourth-order valence-electron chi connectivity index (χ4n) is 6.37. The van der Waals surface area contributed by atoms with Crippen molar-refractivity contribution in [3.8, 4) is 5.75 Å². The Morgan fingerprint density at radius 3 is 2.54 bits per heavy atom. The number of aliphatic hydroxyl groups excluding tert-OH is 1. The maximum atomic E-state index is 14.4. The summed E-state index contributed by atoms with van der Waals surface area (Å²) in [5, 5.41) is 10.2. The van der Waals surface area contributed by atoms with Crippen LogP contribution in [0.15, 0.2) is 48.6 Å². The Morgan fingerprint density at radius 2 is 1.86 bits per heavy atom. The highest BCUT2D eigenvalue weighted by Gasteiger charge is 2.75. The Bertz CT molecular complexity index is 1130. The lowest BCUT2D eigenvalue weighted by Crippen LogP contribution is -2.58. The van der Waals surface area contributed by atoms with E-state index >= 15 is 0 Å². The molecule has 0 bridgehead atoms. The summed E-state index contributed by atoms with van der Waals surface area (Å²) in [4.78, 5) is 45.0. The lowest BCUT2D eigenvalue weighted by molar-refractivity contribution is -0.159. The SMILES string of the molecule is CC[C@@H](CO)N1C(=O)[C@@H]2[C@@H]3C(=O)OCCC/C=C\[C@]3(C)O[C@@]23C=CCN(c2ccc(OC)cc2)C(=O)C13. The average Bonchev–Trinajstić information content (AvgIpc) is 3.25. The normalized spacial score (nSPS) is 34.9. The van der Waals surface area contributed by atoms with Crippen LogP contribution in [-0.4, -0.2) is 77.9 Å². The molecule has 4 heterocycles. The molecular formula is C28H34N2O7. The van der Waals surface area contributed by atoms with Crippen LogP contribution in [-0.2, 0) is 23.9 Å². The molecule has 0 saturated carbocycles. The molecule has 6 atom stereocenters. The molecule has 5 rings (SSSR count). The van der Waals surface area contributed by atoms with Gasteiger partial charge in [0.15, 0.2) is 0 Å². The first-order valence-corrected chi connectivity index (χ1v) is 12.9. The fraction of sp³-hybridized carbons (Fsp3) is 0.536. The molecule has 1 aromatic carbocycles. The molecule has 4 aliphatic rings. The van der Waals surface area contributed by atoms with Gasteiger partial charge in [-0.3, -0.25) is 14.4 Å². The highest BCUT2D eigenvalue weighted by Crippen LogP contribution is 2.57. The van der Waals surface area contributed by atoms with Crippen molar-refractivity contribution in [1.29, 1.82) is 0 Å². The standard InChI is InChI=1S/C28H34N2O7/c1-4-18(17-31)30-23-25(33)29(19-9-11-20(35-3)12-10-19)15-8-14-28(23)21(24(30)32)22-26(34)36-16-7-5-6-13-27(22,2)37-28/h6,8-14,18,21-23,31H,4-5,7,15-17H2,1-3H3/b13-6-/t18-,21-,22+,23?,27-,28-/m0/s1. The van der Waals surface area contributed by atoms with Crippen molar-refractivity contribution in [3.63, 3.8) is 0 Å². The summed E-state index contributed by atoms with van der Waals surface area (Å²) < 4.78 is 17.6. The topological polar surface area (TPSA) is 106 Å². The van der Waals surface area contributed by atoms with Gasteiger partial charge in [0, 0.05) is 12.2 Å². The van der Waals surface area contributed by atoms with E-state index in [1.807, 2.05) is 25.2 Å². The molecule has 2 fully saturated rings. The van der Waals surface area contributed by atoms with Crippen LogP contribution in [0.5, 0.6) is 5.75 Å². The van der Waals surface area contributed by atoms with Crippen LogP contribution in [0.4, 0.5) is 5.69 Å². The second kappa shape index (κ2) is 9.61. The van der Waals surface area contributed by atoms with Crippen LogP contribution in [0.2, 0.25) is 0 Å². The van der Waals surface area contributed by atoms with Gasteiger partial charge in [0.05, 0.1) is 37.9 Å². The lowest BCUT2D eigenvalue weighted by atomic mass is 9.74. The molecule has 9 heteroatoms. The van der Waals surface area contributed by atoms with E-state index in [1.54, 1.807) is 49.3 Å². The van der Waals surface area contributed by atoms with E-state index < -0.39 is 41.1 Å². The molecule has 1 unspecified atom stereocenters. The number of hydrogen-bond donors (Lipinski definition) is 1. The Balaban J connectivity index is 1.65. The summed E-state index contributed by atoms with van der Waals surface area (Å²) in [6.45, 7) is 3.85. The molecule has 1 spiro atoms. The van der Waals surface area contributed by atoms with E-state index in [2.05, 4.69) is 0 Å². The molecule has 1 N–H and O–H groups in total. The second-order valence-corrected chi connectivity index (χ2v) is 10.2. The Kier molecular flexibility index (Phi) is 6.62. The maximum Gasteiger partial charge on any atom is 0.313 e. The monoisotopic (exact) mass is 510 g/mol. The number of rotatable bonds is 5. The van der Waals surface area contributed by atoms with Gasteiger partial charge in [0.25, 0.3) is 5.91 Å². The fourth-order valence-corrected chi connectivity index (χ4v) is 6.37. The van der Waals surface area contributed by atoms with Crippen molar-refractivity contribution in [1.82, 2.24) is 4.90 Å². The van der Waals surface area contributed by atoms with Crippen LogP contribution < -0.4 is 9.64 Å². The Morgan fingerprint density at radius 1 is 1.11 bits per heavy atom. The number of benzene rings is 1. The van der Waals surface area contributed by atoms with Crippen LogP contribution >= 0.6 is 0 Å². The molecule has 0 aliphatic carbocycles. The van der Waals surface area contributed by atoms with Crippen LogP contribution in [0.1, 0.15) is 33.1 Å². The third kappa shape index (κ3) is 3.87. The summed E-state index contributed by atoms with van der Waals surface area (Å²) in [5.41, 5.74) is -1.88. The van der Waals surface area contributed by atoms with E-state index in [4.69, 9.17) is 14.2 Å². The molecule has 1 aromatic rings. The van der Waals surface area contributed by atoms with Gasteiger partial charge in [-0.05, 0) is 50.5 Å². The zero-order valence-electron chi connectivity index (χ0n) is 21.5. The van der Waals surface area contributed by atoms with Crippen molar-refractivity contribution < 1.29 is 33.7 Å². The van der Waals surface area contributed by atoms with Crippen molar-refractivity contribution in [3.05, 3.63) is 48.6 Å². The number of allylic oxidation sites excluding steroid dienone is 1. The number of nitrogens with zero attached hydrogens (tertiary/aromatic N) is 2. The molecule has 2 saturated heterocycles. The number of likely N-dealkylation sites (tertiary alicyclic amines) is 1. The van der Waals surface area contributed by atoms with Gasteiger partial charge in [0.2, 0.25) is 5.91 Å². The van der Waals surface area contributed by atoms with Gasteiger partial charge < -0.3 is 29.1 Å². The number of hydrogen-bond acceptors (Lipinski definition) is 7. The van der Waals surface area contributed by atoms with Gasteiger partial charge in [-0.25, -0.2) is 0 Å². The van der Waals surface area contributed by atoms with Crippen molar-refractivity contribution in [2.45, 2.75) is 56.4 Å². The van der Waals surface area contributed by atoms with Crippen molar-refractivity contribution >= 4 is 23.5 Å². The number of fused-ring (bicyclic) bond motifs is 2. The first-order valence-electron chi connectivity index (χ1n) is 12.9. The summed E-state index contributed by atoms with van der Waals surface area (Å²) >= 11 is 0. The van der Waals surface area contributed by atoms with Gasteiger partial charge in [-0.2, -0.15) is 0 Å². The first kappa shape index (κ1) is 25.5. The Hall–Kier alpha value is -3.17. The smallest absolute Gasteiger partial charge is 0.313 e. The average molecular weight is 511 g/mol. The van der Waals surface area contributed by atoms with Gasteiger partial charge in [0.1, 0.15) is 23.3 Å². The van der Waals surface area contributed by atoms with Gasteiger partial charge >= 0.3 is 5.97 Å². The molecule has 0 aromatic heterocycles. The Labute approximate surface area is 216 Å². The number of ether oxygens (including phenoxy) is 3. The van der Waals surface area contributed by atoms with E-state index in [-0.39, 0.29) is 31.6 Å². The number of anilines is 1. The summed E-state index contributed by atoms with van der Waals surface area (Å²) in [7, 11) is 1.57. The second-order valence-electron chi connectivity index (χ2n) is 10.2. The predicted octanol–water partition coefficient (Wildman–Crippen LogP) is 2.23. The summed E-state index contributed by atoms with van der Waals surface area (Å²) in [6, 6.07) is 5.46. The molecule has 37 heavy (non-hydrogen) atoms. The van der Waals surface area contributed by atoms with Gasteiger partial charge in [-0.1, -0.05) is 31.2 Å². The number of esters is 1. The molecular weight excluding hydrogens is 476 g/mol. The third-order valence-electron chi connectivity index (χ3n) is 8.15. The number of carbonyl (C=O) groups excluding carboxylic acids is 3. The third-order valence-corrected chi connectivity index (χ3v) is 8.15. The number of cyclic esters (lactones) is 1. The van der Waals surface area contributed by atoms with E-state index in [0.717, 1.165) is 0 Å². The highest BCUT2D eigenvalue weighted by molar-refractivity contribution is 6.05. The predicted molar refractivity (Wildman–Crippen MR) is 135 cm³/mol. The molecule has 0 radical (unpaired) electrons. The van der Waals surface area contributed by atoms with Crippen LogP contribution in [0.3, 0.4) is 0 Å².